The minimum atomic E-state index is -4.49. The summed E-state index contributed by atoms with van der Waals surface area (Å²) in [6, 6.07) is 1.85. The number of rotatable bonds is 3. The number of aromatic nitrogens is 2. The van der Waals surface area contributed by atoms with Gasteiger partial charge in [-0.15, -0.1) is 0 Å². The number of hydrogen-bond donors (Lipinski definition) is 1. The Hall–Kier alpha value is -1.38. The molecule has 0 aliphatic rings. The molecule has 1 unspecified atom stereocenters. The highest BCUT2D eigenvalue weighted by molar-refractivity contribution is 7.84. The van der Waals surface area contributed by atoms with Crippen molar-refractivity contribution in [3.05, 3.63) is 39.7 Å². The normalized spacial score (nSPS) is 13.4. The molecule has 23 heavy (non-hydrogen) atoms. The van der Waals surface area contributed by atoms with Crippen molar-refractivity contribution in [1.29, 1.82) is 0 Å². The lowest BCUT2D eigenvalue weighted by Crippen LogP contribution is -2.12. The topological polar surface area (TPSA) is 60.9 Å². The first-order valence-corrected chi connectivity index (χ1v) is 8.51. The summed E-state index contributed by atoms with van der Waals surface area (Å²) >= 11 is 6.07. The van der Waals surface area contributed by atoms with E-state index in [0.717, 1.165) is 12.1 Å². The Morgan fingerprint density at radius 3 is 2.39 bits per heavy atom. The zero-order valence-corrected chi connectivity index (χ0v) is 14.2. The number of nitrogens with two attached hydrogens (primary N) is 1. The Morgan fingerprint density at radius 1 is 1.35 bits per heavy atom. The van der Waals surface area contributed by atoms with Crippen LogP contribution in [0.4, 0.5) is 13.2 Å². The monoisotopic (exact) mass is 365 g/mol. The number of hydrogen-bond acceptors (Lipinski definition) is 3. The number of aryl methyl sites for hydroxylation is 2. The molecule has 0 saturated heterocycles. The minimum absolute atomic E-state index is 0.0343. The van der Waals surface area contributed by atoms with Crippen LogP contribution in [0, 0.1) is 13.8 Å². The predicted molar refractivity (Wildman–Crippen MR) is 83.3 cm³/mol. The third-order valence-corrected chi connectivity index (χ3v) is 4.76. The SMILES string of the molecule is Cc1cc(C(F)(F)F)cc(Cl)c1-n1nc(C)c(S(C)=O)c1CN. The van der Waals surface area contributed by atoms with Crippen molar-refractivity contribution in [3.63, 3.8) is 0 Å². The molecular formula is C14H15ClF3N3OS. The highest BCUT2D eigenvalue weighted by Crippen LogP contribution is 2.36. The van der Waals surface area contributed by atoms with Crippen molar-refractivity contribution < 1.29 is 17.4 Å². The average Bonchev–Trinajstić information content (AvgIpc) is 2.73. The van der Waals surface area contributed by atoms with Crippen LogP contribution in [0.1, 0.15) is 22.5 Å². The molecule has 2 rings (SSSR count). The summed E-state index contributed by atoms with van der Waals surface area (Å²) < 4.78 is 51.8. The Morgan fingerprint density at radius 2 is 1.96 bits per heavy atom. The van der Waals surface area contributed by atoms with Crippen LogP contribution >= 0.6 is 11.6 Å². The molecule has 1 heterocycles. The number of nitrogens with zero attached hydrogens (tertiary/aromatic N) is 2. The number of alkyl halides is 3. The van der Waals surface area contributed by atoms with Crippen LogP contribution in [-0.4, -0.2) is 20.2 Å². The van der Waals surface area contributed by atoms with Crippen LogP contribution < -0.4 is 5.73 Å². The Bertz CT molecular complexity index is 763. The minimum Gasteiger partial charge on any atom is -0.325 e. The molecule has 9 heteroatoms. The molecule has 1 aromatic heterocycles. The maximum Gasteiger partial charge on any atom is 0.416 e. The summed E-state index contributed by atoms with van der Waals surface area (Å²) in [6.07, 6.45) is -2.99. The van der Waals surface area contributed by atoms with Crippen LogP contribution in [0.2, 0.25) is 5.02 Å². The smallest absolute Gasteiger partial charge is 0.325 e. The van der Waals surface area contributed by atoms with Gasteiger partial charge in [-0.3, -0.25) is 4.21 Å². The summed E-state index contributed by atoms with van der Waals surface area (Å²) in [5.41, 5.74) is 6.46. The van der Waals surface area contributed by atoms with Gasteiger partial charge in [-0.25, -0.2) is 4.68 Å². The standard InChI is InChI=1S/C14H15ClF3N3OS/c1-7-4-9(14(16,17)18)5-10(15)12(7)21-11(6-19)13(23(3)22)8(2)20-21/h4-5H,6,19H2,1-3H3. The first kappa shape index (κ1) is 18.0. The van der Waals surface area contributed by atoms with Crippen molar-refractivity contribution in [2.75, 3.05) is 6.26 Å². The second kappa shape index (κ2) is 6.26. The fourth-order valence-corrected chi connectivity index (χ4v) is 3.77. The van der Waals surface area contributed by atoms with Crippen LogP contribution in [0.5, 0.6) is 0 Å². The molecule has 0 saturated carbocycles. The molecule has 1 atom stereocenters. The van der Waals surface area contributed by atoms with Crippen molar-refractivity contribution in [3.8, 4) is 5.69 Å². The lowest BCUT2D eigenvalue weighted by Gasteiger charge is -2.15. The van der Waals surface area contributed by atoms with E-state index in [1.807, 2.05) is 0 Å². The molecule has 2 N–H and O–H groups in total. The lowest BCUT2D eigenvalue weighted by atomic mass is 10.1. The largest absolute Gasteiger partial charge is 0.416 e. The van der Waals surface area contributed by atoms with Gasteiger partial charge >= 0.3 is 6.18 Å². The molecule has 0 bridgehead atoms. The fourth-order valence-electron chi connectivity index (χ4n) is 2.47. The second-order valence-electron chi connectivity index (χ2n) is 5.05. The van der Waals surface area contributed by atoms with E-state index >= 15 is 0 Å². The van der Waals surface area contributed by atoms with Crippen molar-refractivity contribution in [1.82, 2.24) is 9.78 Å². The Kier molecular flexibility index (Phi) is 4.89. The summed E-state index contributed by atoms with van der Waals surface area (Å²) in [4.78, 5) is 0.475. The lowest BCUT2D eigenvalue weighted by molar-refractivity contribution is -0.137. The van der Waals surface area contributed by atoms with Crippen LogP contribution in [0.25, 0.3) is 5.69 Å². The van der Waals surface area contributed by atoms with E-state index in [0.29, 0.717) is 27.5 Å². The molecule has 0 amide bonds. The van der Waals surface area contributed by atoms with E-state index in [4.69, 9.17) is 17.3 Å². The van der Waals surface area contributed by atoms with Gasteiger partial charge in [-0.1, -0.05) is 11.6 Å². The molecule has 0 radical (unpaired) electrons. The van der Waals surface area contributed by atoms with E-state index in [9.17, 15) is 17.4 Å². The zero-order valence-electron chi connectivity index (χ0n) is 12.7. The van der Waals surface area contributed by atoms with E-state index in [1.165, 1.54) is 17.9 Å². The molecule has 4 nitrogen and oxygen atoms in total. The number of benzene rings is 1. The molecule has 0 aliphatic heterocycles. The third-order valence-electron chi connectivity index (χ3n) is 3.37. The third kappa shape index (κ3) is 3.29. The molecule has 2 aromatic rings. The fraction of sp³-hybridized carbons (Fsp3) is 0.357. The summed E-state index contributed by atoms with van der Waals surface area (Å²) in [5, 5.41) is 4.17. The quantitative estimate of drug-likeness (QED) is 0.907. The van der Waals surface area contributed by atoms with Gasteiger partial charge in [-0.05, 0) is 31.5 Å². The van der Waals surface area contributed by atoms with Gasteiger partial charge in [0.2, 0.25) is 0 Å². The highest BCUT2D eigenvalue weighted by atomic mass is 35.5. The average molecular weight is 366 g/mol. The number of halogens is 4. The Balaban J connectivity index is 2.74. The Labute approximate surface area is 138 Å². The van der Waals surface area contributed by atoms with Crippen LogP contribution in [0.15, 0.2) is 17.0 Å². The van der Waals surface area contributed by atoms with Gasteiger partial charge in [0.25, 0.3) is 0 Å². The molecule has 1 aromatic carbocycles. The van der Waals surface area contributed by atoms with E-state index in [-0.39, 0.29) is 11.6 Å². The van der Waals surface area contributed by atoms with Crippen LogP contribution in [0.3, 0.4) is 0 Å². The van der Waals surface area contributed by atoms with E-state index in [2.05, 4.69) is 5.10 Å². The maximum atomic E-state index is 12.9. The summed E-state index contributed by atoms with van der Waals surface area (Å²) in [5.74, 6) is 0. The van der Waals surface area contributed by atoms with Crippen LogP contribution in [-0.2, 0) is 23.5 Å². The predicted octanol–water partition coefficient (Wildman–Crippen LogP) is 3.36. The summed E-state index contributed by atoms with van der Waals surface area (Å²) in [6.45, 7) is 3.21. The van der Waals surface area contributed by atoms with E-state index in [1.54, 1.807) is 6.92 Å². The first-order valence-electron chi connectivity index (χ1n) is 6.57. The maximum absolute atomic E-state index is 12.9. The highest BCUT2D eigenvalue weighted by Gasteiger charge is 2.32. The first-order chi connectivity index (χ1) is 10.6. The van der Waals surface area contributed by atoms with Gasteiger partial charge < -0.3 is 5.73 Å². The van der Waals surface area contributed by atoms with Gasteiger partial charge in [-0.2, -0.15) is 18.3 Å². The van der Waals surface area contributed by atoms with Gasteiger partial charge in [0, 0.05) is 12.8 Å². The van der Waals surface area contributed by atoms with Crippen molar-refractivity contribution in [2.45, 2.75) is 31.5 Å². The summed E-state index contributed by atoms with van der Waals surface area (Å²) in [7, 11) is -1.32. The van der Waals surface area contributed by atoms with E-state index < -0.39 is 22.5 Å². The van der Waals surface area contributed by atoms with Gasteiger partial charge in [0.15, 0.2) is 0 Å². The zero-order chi connectivity index (χ0) is 17.5. The molecule has 0 spiro atoms. The molecule has 126 valence electrons. The molecule has 0 aliphatic carbocycles. The van der Waals surface area contributed by atoms with Crippen molar-refractivity contribution >= 4 is 22.4 Å². The van der Waals surface area contributed by atoms with Crippen molar-refractivity contribution in [2.24, 2.45) is 5.73 Å². The molecular weight excluding hydrogens is 351 g/mol. The second-order valence-corrected chi connectivity index (χ2v) is 6.78. The van der Waals surface area contributed by atoms with Gasteiger partial charge in [0.05, 0.1) is 43.4 Å². The van der Waals surface area contributed by atoms with Gasteiger partial charge in [0.1, 0.15) is 0 Å². The molecule has 0 fully saturated rings.